The summed E-state index contributed by atoms with van der Waals surface area (Å²) in [5.74, 6) is -1.85. The van der Waals surface area contributed by atoms with Gasteiger partial charge in [0.2, 0.25) is 5.91 Å². The van der Waals surface area contributed by atoms with Gasteiger partial charge in [-0.3, -0.25) is 9.59 Å². The molecule has 0 bridgehead atoms. The number of aromatic amines is 1. The Morgan fingerprint density at radius 3 is 2.44 bits per heavy atom. The minimum absolute atomic E-state index is 0.183. The minimum atomic E-state index is -0.979. The van der Waals surface area contributed by atoms with Gasteiger partial charge in [0.15, 0.2) is 0 Å². The van der Waals surface area contributed by atoms with Gasteiger partial charge in [-0.1, -0.05) is 31.2 Å². The fourth-order valence-corrected chi connectivity index (χ4v) is 6.00. The number of carbonyl (C=O) groups is 3. The lowest BCUT2D eigenvalue weighted by Crippen LogP contribution is -2.56. The molecule has 0 saturated carbocycles. The van der Waals surface area contributed by atoms with Gasteiger partial charge >= 0.3 is 6.03 Å². The van der Waals surface area contributed by atoms with Crippen LogP contribution in [-0.4, -0.2) is 78.9 Å². The molecular formula is C34H40FN7O3. The second-order valence-corrected chi connectivity index (χ2v) is 11.9. The third-order valence-electron chi connectivity index (χ3n) is 8.35. The van der Waals surface area contributed by atoms with Crippen molar-refractivity contribution in [3.8, 4) is 0 Å². The van der Waals surface area contributed by atoms with Crippen molar-refractivity contribution in [2.45, 2.75) is 32.4 Å². The summed E-state index contributed by atoms with van der Waals surface area (Å²) < 4.78 is 13.7. The van der Waals surface area contributed by atoms with Gasteiger partial charge in [-0.25, -0.2) is 9.18 Å². The molecule has 0 aliphatic carbocycles. The molecular weight excluding hydrogens is 573 g/mol. The number of benzene rings is 3. The van der Waals surface area contributed by atoms with E-state index in [9.17, 15) is 18.8 Å². The second kappa shape index (κ2) is 13.4. The van der Waals surface area contributed by atoms with Gasteiger partial charge in [0.25, 0.3) is 5.91 Å². The number of anilines is 2. The van der Waals surface area contributed by atoms with Crippen LogP contribution in [0.4, 0.5) is 20.6 Å². The maximum absolute atomic E-state index is 14.1. The first-order valence-corrected chi connectivity index (χ1v) is 15.0. The lowest BCUT2D eigenvalue weighted by atomic mass is 9.92. The number of carbonyl (C=O) groups excluding carboxylic acids is 3. The molecule has 1 saturated heterocycles. The molecule has 1 aliphatic rings. The number of aromatic nitrogens is 1. The summed E-state index contributed by atoms with van der Waals surface area (Å²) in [6, 6.07) is 16.3. The highest BCUT2D eigenvalue weighted by Crippen LogP contribution is 2.29. The Hall–Kier alpha value is -4.90. The van der Waals surface area contributed by atoms with E-state index in [0.29, 0.717) is 38.4 Å². The number of primary amides is 1. The van der Waals surface area contributed by atoms with E-state index in [2.05, 4.69) is 20.5 Å². The largest absolute Gasteiger partial charge is 0.368 e. The van der Waals surface area contributed by atoms with Crippen LogP contribution >= 0.6 is 0 Å². The van der Waals surface area contributed by atoms with Crippen LogP contribution in [0, 0.1) is 12.7 Å². The number of nitrogens with two attached hydrogens (primary N) is 1. The van der Waals surface area contributed by atoms with E-state index < -0.39 is 23.8 Å². The third kappa shape index (κ3) is 7.09. The van der Waals surface area contributed by atoms with Crippen LogP contribution in [0.15, 0.2) is 66.9 Å². The van der Waals surface area contributed by atoms with Crippen molar-refractivity contribution in [3.05, 3.63) is 94.9 Å². The number of amides is 4. The van der Waals surface area contributed by atoms with Crippen molar-refractivity contribution in [2.75, 3.05) is 50.5 Å². The average Bonchev–Trinajstić information content (AvgIpc) is 3.43. The van der Waals surface area contributed by atoms with Crippen molar-refractivity contribution in [2.24, 2.45) is 5.73 Å². The molecule has 2 atom stereocenters. The van der Waals surface area contributed by atoms with Crippen LogP contribution in [0.3, 0.4) is 0 Å². The smallest absolute Gasteiger partial charge is 0.318 e. The number of H-pyrrole nitrogens is 1. The summed E-state index contributed by atoms with van der Waals surface area (Å²) >= 11 is 0. The highest BCUT2D eigenvalue weighted by atomic mass is 19.1. The molecule has 1 aromatic heterocycles. The molecule has 3 aromatic carbocycles. The average molecular weight is 614 g/mol. The normalized spacial score (nSPS) is 14.8. The van der Waals surface area contributed by atoms with Crippen LogP contribution in [0.1, 0.15) is 39.9 Å². The Kier molecular flexibility index (Phi) is 9.38. The first kappa shape index (κ1) is 31.5. The van der Waals surface area contributed by atoms with Crippen molar-refractivity contribution >= 4 is 40.1 Å². The van der Waals surface area contributed by atoms with E-state index in [0.717, 1.165) is 33.3 Å². The molecule has 1 fully saturated rings. The van der Waals surface area contributed by atoms with Crippen LogP contribution in [0.2, 0.25) is 0 Å². The number of nitrogens with one attached hydrogen (secondary N) is 3. The molecule has 2 heterocycles. The van der Waals surface area contributed by atoms with Crippen LogP contribution < -0.4 is 21.3 Å². The number of fused-ring (bicyclic) bond motifs is 1. The molecule has 1 aliphatic heterocycles. The molecule has 4 aromatic rings. The maximum Gasteiger partial charge on any atom is 0.318 e. The first-order chi connectivity index (χ1) is 21.5. The molecule has 2 unspecified atom stereocenters. The maximum atomic E-state index is 14.1. The third-order valence-corrected chi connectivity index (χ3v) is 8.35. The number of halogens is 1. The number of piperazine rings is 1. The Labute approximate surface area is 262 Å². The van der Waals surface area contributed by atoms with E-state index in [1.807, 2.05) is 63.3 Å². The summed E-state index contributed by atoms with van der Waals surface area (Å²) in [6.07, 6.45) is 1.86. The summed E-state index contributed by atoms with van der Waals surface area (Å²) in [5.41, 5.74) is 10.6. The second-order valence-electron chi connectivity index (χ2n) is 11.9. The molecule has 0 spiro atoms. The van der Waals surface area contributed by atoms with Gasteiger partial charge in [-0.05, 0) is 74.1 Å². The molecule has 11 heteroatoms. The number of nitrogens with zero attached hydrogens (tertiary/aromatic N) is 3. The van der Waals surface area contributed by atoms with Crippen LogP contribution in [0.25, 0.3) is 10.9 Å². The van der Waals surface area contributed by atoms with Gasteiger partial charge in [0, 0.05) is 61.4 Å². The summed E-state index contributed by atoms with van der Waals surface area (Å²) in [4.78, 5) is 49.1. The summed E-state index contributed by atoms with van der Waals surface area (Å²) in [6.45, 7) is 6.34. The molecule has 4 amide bonds. The van der Waals surface area contributed by atoms with Crippen LogP contribution in [0.5, 0.6) is 0 Å². The number of hydrogen-bond acceptors (Lipinski definition) is 5. The predicted octanol–water partition coefficient (Wildman–Crippen LogP) is 4.42. The van der Waals surface area contributed by atoms with E-state index in [-0.39, 0.29) is 17.4 Å². The van der Waals surface area contributed by atoms with Gasteiger partial charge in [0.1, 0.15) is 11.9 Å². The zero-order valence-corrected chi connectivity index (χ0v) is 26.1. The highest BCUT2D eigenvalue weighted by Gasteiger charge is 2.33. The molecule has 10 nitrogen and oxygen atoms in total. The zero-order chi connectivity index (χ0) is 32.2. The first-order valence-electron chi connectivity index (χ1n) is 15.0. The van der Waals surface area contributed by atoms with Gasteiger partial charge in [0.05, 0.1) is 11.3 Å². The molecule has 236 valence electrons. The minimum Gasteiger partial charge on any atom is -0.368 e. The van der Waals surface area contributed by atoms with Gasteiger partial charge in [-0.2, -0.15) is 0 Å². The number of urea groups is 1. The van der Waals surface area contributed by atoms with E-state index in [1.54, 1.807) is 29.2 Å². The molecule has 5 N–H and O–H groups in total. The Morgan fingerprint density at radius 1 is 1.02 bits per heavy atom. The van der Waals surface area contributed by atoms with E-state index in [4.69, 9.17) is 5.73 Å². The van der Waals surface area contributed by atoms with Gasteiger partial charge in [-0.15, -0.1) is 0 Å². The van der Waals surface area contributed by atoms with E-state index >= 15 is 0 Å². The lowest BCUT2D eigenvalue weighted by molar-refractivity contribution is -0.118. The predicted molar refractivity (Wildman–Crippen MR) is 175 cm³/mol. The Balaban J connectivity index is 1.39. The highest BCUT2D eigenvalue weighted by molar-refractivity contribution is 6.05. The number of para-hydroxylation sites is 1. The number of aryl methyl sites for hydroxylation is 1. The fraction of sp³-hybridized carbons (Fsp3) is 0.324. The van der Waals surface area contributed by atoms with Crippen molar-refractivity contribution in [1.29, 1.82) is 0 Å². The standard InChI is InChI=1S/C34H40FN7O3/c1-21-17-24(35)10-12-30(21)41-13-15-42(16-14-41)34(45)39-31(22(2)27-19-37-28-8-6-5-7-25(27)28)33(44)38-29-18-23(20-40(3)4)9-11-26(29)32(36)43/h5-12,17-19,22,31,37H,13-16,20H2,1-4H3,(H2,36,43)(H,38,44)(H,39,45). The summed E-state index contributed by atoms with van der Waals surface area (Å²) in [7, 11) is 3.85. The van der Waals surface area contributed by atoms with E-state index in [1.165, 1.54) is 12.1 Å². The van der Waals surface area contributed by atoms with Crippen LogP contribution in [-0.2, 0) is 11.3 Å². The lowest BCUT2D eigenvalue weighted by Gasteiger charge is -2.37. The van der Waals surface area contributed by atoms with Crippen molar-refractivity contribution in [3.63, 3.8) is 0 Å². The quantitative estimate of drug-likeness (QED) is 0.222. The molecule has 45 heavy (non-hydrogen) atoms. The Morgan fingerprint density at radius 2 is 1.76 bits per heavy atom. The van der Waals surface area contributed by atoms with Gasteiger partial charge < -0.3 is 36.1 Å². The SMILES string of the molecule is Cc1cc(F)ccc1N1CCN(C(=O)NC(C(=O)Nc2cc(CN(C)C)ccc2C(N)=O)C(C)c2c[nH]c3ccccc23)CC1. The summed E-state index contributed by atoms with van der Waals surface area (Å²) in [5, 5.41) is 6.85. The monoisotopic (exact) mass is 613 g/mol. The van der Waals surface area contributed by atoms with Crippen molar-refractivity contribution in [1.82, 2.24) is 20.1 Å². The zero-order valence-electron chi connectivity index (χ0n) is 26.1. The Bertz CT molecular complexity index is 1710. The topological polar surface area (TPSA) is 127 Å². The van der Waals surface area contributed by atoms with Crippen molar-refractivity contribution < 1.29 is 18.8 Å². The number of rotatable bonds is 9. The molecule has 5 rings (SSSR count). The number of hydrogen-bond donors (Lipinski definition) is 4. The molecule has 0 radical (unpaired) electrons. The fourth-order valence-electron chi connectivity index (χ4n) is 6.00.